The number of ether oxygens (including phenoxy) is 3. The van der Waals surface area contributed by atoms with Crippen LogP contribution in [0.2, 0.25) is 0 Å². The molecule has 1 aromatic heterocycles. The Hall–Kier alpha value is -3.49. The molecule has 156 valence electrons. The zero-order valence-electron chi connectivity index (χ0n) is 16.1. The summed E-state index contributed by atoms with van der Waals surface area (Å²) < 4.78 is 56.5. The molecule has 0 amide bonds. The molecule has 0 bridgehead atoms. The molecule has 0 saturated heterocycles. The van der Waals surface area contributed by atoms with E-state index in [1.807, 2.05) is 6.07 Å². The van der Waals surface area contributed by atoms with E-state index in [0.29, 0.717) is 30.2 Å². The zero-order valence-corrected chi connectivity index (χ0v) is 16.1. The molecule has 30 heavy (non-hydrogen) atoms. The smallest absolute Gasteiger partial charge is 0.416 e. The fourth-order valence-electron chi connectivity index (χ4n) is 3.43. The van der Waals surface area contributed by atoms with Crippen LogP contribution in [-0.2, 0) is 19.1 Å². The number of aryl methyl sites for hydroxylation is 1. The van der Waals surface area contributed by atoms with Crippen LogP contribution in [0, 0.1) is 0 Å². The van der Waals surface area contributed by atoms with Gasteiger partial charge >= 0.3 is 11.9 Å². The summed E-state index contributed by atoms with van der Waals surface area (Å²) in [6, 6.07) is 9.54. The second-order valence-corrected chi connectivity index (χ2v) is 6.66. The number of nitrogens with zero attached hydrogens (tertiary/aromatic N) is 2. The highest BCUT2D eigenvalue weighted by atomic mass is 19.4. The van der Waals surface area contributed by atoms with Crippen molar-refractivity contribution in [3.63, 3.8) is 0 Å². The van der Waals surface area contributed by atoms with E-state index in [-0.39, 0.29) is 11.6 Å². The van der Waals surface area contributed by atoms with Crippen LogP contribution in [0.25, 0.3) is 11.3 Å². The molecule has 2 heterocycles. The standard InChI is InChI=1S/C21H17F3N2O4/c1-28-17-8-12-6-7-26-16(15(12)10-18(17)29-2)11-19(25-20(26)27)30-14-5-3-4-13(9-14)21(22,23)24/h3-5,8-11H,6-7H2,1-2H3. The average Bonchev–Trinajstić information content (AvgIpc) is 2.72. The number of hydrogen-bond donors (Lipinski definition) is 0. The van der Waals surface area contributed by atoms with Gasteiger partial charge in [0.05, 0.1) is 25.5 Å². The SMILES string of the molecule is COc1cc2c(cc1OC)-c1cc(Oc3cccc(C(F)(F)F)c3)nc(=O)n1CC2. The summed E-state index contributed by atoms with van der Waals surface area (Å²) >= 11 is 0. The molecule has 6 nitrogen and oxygen atoms in total. The fourth-order valence-corrected chi connectivity index (χ4v) is 3.43. The van der Waals surface area contributed by atoms with E-state index in [9.17, 15) is 18.0 Å². The summed E-state index contributed by atoms with van der Waals surface area (Å²) in [6.45, 7) is 0.410. The number of rotatable bonds is 4. The molecule has 0 spiro atoms. The van der Waals surface area contributed by atoms with Gasteiger partial charge < -0.3 is 14.2 Å². The lowest BCUT2D eigenvalue weighted by Gasteiger charge is -2.23. The Morgan fingerprint density at radius 1 is 1.03 bits per heavy atom. The third kappa shape index (κ3) is 3.58. The highest BCUT2D eigenvalue weighted by Gasteiger charge is 2.30. The number of benzene rings is 2. The first-order valence-electron chi connectivity index (χ1n) is 9.02. The van der Waals surface area contributed by atoms with Crippen molar-refractivity contribution < 1.29 is 27.4 Å². The highest BCUT2D eigenvalue weighted by molar-refractivity contribution is 5.70. The molecule has 4 rings (SSSR count). The van der Waals surface area contributed by atoms with E-state index >= 15 is 0 Å². The Morgan fingerprint density at radius 3 is 2.47 bits per heavy atom. The average molecular weight is 418 g/mol. The maximum absolute atomic E-state index is 12.9. The number of fused-ring (bicyclic) bond motifs is 3. The van der Waals surface area contributed by atoms with Crippen molar-refractivity contribution in [1.29, 1.82) is 0 Å². The topological polar surface area (TPSA) is 62.6 Å². The van der Waals surface area contributed by atoms with Gasteiger partial charge in [-0.05, 0) is 42.3 Å². The van der Waals surface area contributed by atoms with E-state index < -0.39 is 17.4 Å². The second-order valence-electron chi connectivity index (χ2n) is 6.66. The highest BCUT2D eigenvalue weighted by Crippen LogP contribution is 2.39. The molecule has 3 aromatic rings. The Labute approximate surface area is 169 Å². The van der Waals surface area contributed by atoms with Gasteiger partial charge in [0.15, 0.2) is 11.5 Å². The van der Waals surface area contributed by atoms with Crippen LogP contribution >= 0.6 is 0 Å². The van der Waals surface area contributed by atoms with Crippen LogP contribution in [0.4, 0.5) is 13.2 Å². The summed E-state index contributed by atoms with van der Waals surface area (Å²) in [5.41, 5.74) is 0.835. The lowest BCUT2D eigenvalue weighted by Crippen LogP contribution is -2.28. The third-order valence-electron chi connectivity index (χ3n) is 4.86. The van der Waals surface area contributed by atoms with Gasteiger partial charge in [-0.15, -0.1) is 0 Å². The van der Waals surface area contributed by atoms with Gasteiger partial charge in [-0.3, -0.25) is 4.57 Å². The van der Waals surface area contributed by atoms with Gasteiger partial charge in [-0.2, -0.15) is 18.2 Å². The van der Waals surface area contributed by atoms with E-state index in [2.05, 4.69) is 4.98 Å². The van der Waals surface area contributed by atoms with Gasteiger partial charge in [0.2, 0.25) is 5.88 Å². The van der Waals surface area contributed by atoms with E-state index in [0.717, 1.165) is 23.3 Å². The molecule has 0 N–H and O–H groups in total. The second kappa shape index (κ2) is 7.40. The first-order valence-corrected chi connectivity index (χ1v) is 9.02. The Morgan fingerprint density at radius 2 is 1.77 bits per heavy atom. The van der Waals surface area contributed by atoms with E-state index in [1.54, 1.807) is 6.07 Å². The zero-order chi connectivity index (χ0) is 21.5. The van der Waals surface area contributed by atoms with E-state index in [1.165, 1.54) is 37.0 Å². The van der Waals surface area contributed by atoms with Crippen LogP contribution in [-0.4, -0.2) is 23.8 Å². The largest absolute Gasteiger partial charge is 0.493 e. The van der Waals surface area contributed by atoms with Gasteiger partial charge in [-0.1, -0.05) is 6.07 Å². The first kappa shape index (κ1) is 19.8. The van der Waals surface area contributed by atoms with Crippen LogP contribution in [0.15, 0.2) is 47.3 Å². The molecule has 0 radical (unpaired) electrons. The molecule has 0 atom stereocenters. The van der Waals surface area contributed by atoms with Gasteiger partial charge in [-0.25, -0.2) is 4.79 Å². The lowest BCUT2D eigenvalue weighted by atomic mass is 9.97. The van der Waals surface area contributed by atoms with Gasteiger partial charge in [0, 0.05) is 18.2 Å². The number of halogens is 3. The molecule has 9 heteroatoms. The van der Waals surface area contributed by atoms with Crippen LogP contribution in [0.3, 0.4) is 0 Å². The van der Waals surface area contributed by atoms with Crippen molar-refractivity contribution in [1.82, 2.24) is 9.55 Å². The van der Waals surface area contributed by atoms with Crippen LogP contribution in [0.1, 0.15) is 11.1 Å². The predicted molar refractivity (Wildman–Crippen MR) is 102 cm³/mol. The molecular weight excluding hydrogens is 401 g/mol. The molecule has 0 fully saturated rings. The maximum atomic E-state index is 12.9. The predicted octanol–water partition coefficient (Wildman–Crippen LogP) is 4.29. The van der Waals surface area contributed by atoms with Gasteiger partial charge in [0.1, 0.15) is 5.75 Å². The van der Waals surface area contributed by atoms with Crippen molar-refractivity contribution in [3.8, 4) is 34.4 Å². The maximum Gasteiger partial charge on any atom is 0.416 e. The first-order chi connectivity index (χ1) is 14.3. The van der Waals surface area contributed by atoms with Crippen molar-refractivity contribution in [2.75, 3.05) is 14.2 Å². The van der Waals surface area contributed by atoms with Crippen LogP contribution in [0.5, 0.6) is 23.1 Å². The Balaban J connectivity index is 1.77. The van der Waals surface area contributed by atoms with Crippen molar-refractivity contribution >= 4 is 0 Å². The third-order valence-corrected chi connectivity index (χ3v) is 4.86. The molecule has 0 saturated carbocycles. The molecule has 2 aromatic carbocycles. The Bertz CT molecular complexity index is 1170. The summed E-state index contributed by atoms with van der Waals surface area (Å²) in [5, 5.41) is 0. The minimum absolute atomic E-state index is 0.0648. The molecule has 1 aliphatic rings. The summed E-state index contributed by atoms with van der Waals surface area (Å²) in [6.07, 6.45) is -3.91. The molecule has 1 aliphatic heterocycles. The number of hydrogen-bond acceptors (Lipinski definition) is 5. The van der Waals surface area contributed by atoms with Gasteiger partial charge in [0.25, 0.3) is 0 Å². The quantitative estimate of drug-likeness (QED) is 0.633. The van der Waals surface area contributed by atoms with Crippen molar-refractivity contribution in [2.24, 2.45) is 0 Å². The van der Waals surface area contributed by atoms with Crippen LogP contribution < -0.4 is 19.9 Å². The minimum atomic E-state index is -4.50. The lowest BCUT2D eigenvalue weighted by molar-refractivity contribution is -0.137. The summed E-state index contributed by atoms with van der Waals surface area (Å²) in [7, 11) is 3.05. The number of methoxy groups -OCH3 is 2. The molecular formula is C21H17F3N2O4. The number of alkyl halides is 3. The minimum Gasteiger partial charge on any atom is -0.493 e. The molecule has 0 unspecified atom stereocenters. The van der Waals surface area contributed by atoms with Crippen molar-refractivity contribution in [3.05, 3.63) is 64.1 Å². The van der Waals surface area contributed by atoms with E-state index in [4.69, 9.17) is 14.2 Å². The summed E-state index contributed by atoms with van der Waals surface area (Å²) in [4.78, 5) is 16.4. The number of aromatic nitrogens is 2. The Kier molecular flexibility index (Phi) is 4.89. The van der Waals surface area contributed by atoms with Crippen molar-refractivity contribution in [2.45, 2.75) is 19.1 Å². The monoisotopic (exact) mass is 418 g/mol. The molecule has 0 aliphatic carbocycles. The fraction of sp³-hybridized carbons (Fsp3) is 0.238. The summed E-state index contributed by atoms with van der Waals surface area (Å²) in [5.74, 6) is 0.911. The normalized spacial score (nSPS) is 12.7.